The van der Waals surface area contributed by atoms with E-state index in [0.717, 1.165) is 13.1 Å². The van der Waals surface area contributed by atoms with Gasteiger partial charge in [-0.2, -0.15) is 0 Å². The molecule has 1 aromatic rings. The Hall–Kier alpha value is -1.62. The van der Waals surface area contributed by atoms with E-state index in [1.165, 1.54) is 13.0 Å². The first-order valence-corrected chi connectivity index (χ1v) is 6.29. The molecule has 2 aliphatic heterocycles. The molecular formula is C13H17N3O2. The van der Waals surface area contributed by atoms with Crippen molar-refractivity contribution in [3.05, 3.63) is 24.0 Å². The number of rotatable bonds is 3. The molecule has 2 bridgehead atoms. The Bertz CT molecular complexity index is 463. The van der Waals surface area contributed by atoms with E-state index < -0.39 is 0 Å². The molecule has 1 amide bonds. The number of carbonyl (C=O) groups is 1. The van der Waals surface area contributed by atoms with E-state index in [1.807, 2.05) is 0 Å². The van der Waals surface area contributed by atoms with Crippen LogP contribution in [-0.4, -0.2) is 48.6 Å². The van der Waals surface area contributed by atoms with Gasteiger partial charge in [0.25, 0.3) is 5.91 Å². The van der Waals surface area contributed by atoms with E-state index in [9.17, 15) is 4.79 Å². The minimum absolute atomic E-state index is 0.104. The number of aromatic nitrogens is 1. The number of methoxy groups -OCH3 is 1. The van der Waals surface area contributed by atoms with Gasteiger partial charge in [-0.3, -0.25) is 9.78 Å². The molecule has 0 radical (unpaired) electrons. The minimum Gasteiger partial charge on any atom is -0.497 e. The van der Waals surface area contributed by atoms with Crippen LogP contribution in [0.25, 0.3) is 0 Å². The van der Waals surface area contributed by atoms with Crippen LogP contribution in [0, 0.1) is 5.92 Å². The van der Waals surface area contributed by atoms with Crippen molar-refractivity contribution in [2.24, 2.45) is 5.92 Å². The highest BCUT2D eigenvalue weighted by molar-refractivity contribution is 5.92. The quantitative estimate of drug-likeness (QED) is 0.846. The molecule has 3 rings (SSSR count). The third kappa shape index (κ3) is 2.06. The maximum absolute atomic E-state index is 12.1. The van der Waals surface area contributed by atoms with Gasteiger partial charge in [0, 0.05) is 31.4 Å². The summed E-state index contributed by atoms with van der Waals surface area (Å²) in [4.78, 5) is 18.6. The van der Waals surface area contributed by atoms with Crippen LogP contribution in [0.2, 0.25) is 0 Å². The predicted octanol–water partition coefficient (Wildman–Crippen LogP) is 0.524. The van der Waals surface area contributed by atoms with Crippen LogP contribution in [-0.2, 0) is 0 Å². The molecule has 18 heavy (non-hydrogen) atoms. The Labute approximate surface area is 106 Å². The second-order valence-corrected chi connectivity index (χ2v) is 4.97. The van der Waals surface area contributed by atoms with Gasteiger partial charge in [0.2, 0.25) is 0 Å². The van der Waals surface area contributed by atoms with Crippen LogP contribution < -0.4 is 10.1 Å². The van der Waals surface area contributed by atoms with Gasteiger partial charge in [-0.15, -0.1) is 0 Å². The second kappa shape index (κ2) is 4.57. The average Bonchev–Trinajstić information content (AvgIpc) is 3.01. The fourth-order valence-electron chi connectivity index (χ4n) is 2.85. The molecule has 1 aromatic heterocycles. The summed E-state index contributed by atoms with van der Waals surface area (Å²) in [6.45, 7) is 3.27. The normalized spacial score (nSPS) is 29.3. The van der Waals surface area contributed by atoms with Crippen molar-refractivity contribution in [1.82, 2.24) is 15.2 Å². The van der Waals surface area contributed by atoms with E-state index in [2.05, 4.69) is 15.2 Å². The molecule has 0 aliphatic carbocycles. The fourth-order valence-corrected chi connectivity index (χ4v) is 2.85. The first-order valence-electron chi connectivity index (χ1n) is 6.29. The SMILES string of the molecule is COc1ccnc(C(=O)NC2CN3CCC2C3)c1. The Kier molecular flexibility index (Phi) is 2.91. The van der Waals surface area contributed by atoms with Crippen LogP contribution in [0.3, 0.4) is 0 Å². The van der Waals surface area contributed by atoms with Crippen molar-refractivity contribution in [2.45, 2.75) is 12.5 Å². The largest absolute Gasteiger partial charge is 0.497 e. The first kappa shape index (κ1) is 11.5. The van der Waals surface area contributed by atoms with Gasteiger partial charge in [-0.05, 0) is 24.9 Å². The molecule has 3 atom stereocenters. The van der Waals surface area contributed by atoms with E-state index in [4.69, 9.17) is 4.74 Å². The highest BCUT2D eigenvalue weighted by Gasteiger charge is 2.38. The molecule has 5 heteroatoms. The van der Waals surface area contributed by atoms with Gasteiger partial charge >= 0.3 is 0 Å². The first-order chi connectivity index (χ1) is 8.76. The summed E-state index contributed by atoms with van der Waals surface area (Å²) in [5, 5.41) is 3.08. The summed E-state index contributed by atoms with van der Waals surface area (Å²) in [5.41, 5.74) is 0.423. The number of piperidine rings is 1. The van der Waals surface area contributed by atoms with Crippen molar-refractivity contribution < 1.29 is 9.53 Å². The summed E-state index contributed by atoms with van der Waals surface area (Å²) in [6.07, 6.45) is 2.79. The van der Waals surface area contributed by atoms with Crippen molar-refractivity contribution in [1.29, 1.82) is 0 Å². The molecule has 2 saturated heterocycles. The lowest BCUT2D eigenvalue weighted by atomic mass is 10.00. The number of carbonyl (C=O) groups excluding carboxylic acids is 1. The minimum atomic E-state index is -0.104. The fraction of sp³-hybridized carbons (Fsp3) is 0.538. The monoisotopic (exact) mass is 247 g/mol. The molecule has 5 nitrogen and oxygen atoms in total. The van der Waals surface area contributed by atoms with Crippen LogP contribution in [0.15, 0.2) is 18.3 Å². The molecule has 2 aliphatic rings. The Morgan fingerprint density at radius 3 is 3.11 bits per heavy atom. The van der Waals surface area contributed by atoms with E-state index >= 15 is 0 Å². The number of hydrogen-bond acceptors (Lipinski definition) is 4. The summed E-state index contributed by atoms with van der Waals surface area (Å²) in [5.74, 6) is 1.17. The molecular weight excluding hydrogens is 230 g/mol. The Morgan fingerprint density at radius 2 is 2.44 bits per heavy atom. The number of pyridine rings is 1. The third-order valence-corrected chi connectivity index (χ3v) is 3.85. The lowest BCUT2D eigenvalue weighted by molar-refractivity contribution is 0.0919. The van der Waals surface area contributed by atoms with Crippen molar-refractivity contribution >= 4 is 5.91 Å². The molecule has 3 heterocycles. The smallest absolute Gasteiger partial charge is 0.270 e. The molecule has 2 fully saturated rings. The van der Waals surface area contributed by atoms with Crippen molar-refractivity contribution in [2.75, 3.05) is 26.7 Å². The predicted molar refractivity (Wildman–Crippen MR) is 66.6 cm³/mol. The number of nitrogens with zero attached hydrogens (tertiary/aromatic N) is 2. The van der Waals surface area contributed by atoms with Gasteiger partial charge in [0.05, 0.1) is 7.11 Å². The number of ether oxygens (including phenoxy) is 1. The van der Waals surface area contributed by atoms with Crippen molar-refractivity contribution in [3.63, 3.8) is 0 Å². The van der Waals surface area contributed by atoms with E-state index in [-0.39, 0.29) is 11.9 Å². The zero-order chi connectivity index (χ0) is 12.5. The summed E-state index contributed by atoms with van der Waals surface area (Å²) < 4.78 is 5.10. The van der Waals surface area contributed by atoms with Gasteiger partial charge in [-0.25, -0.2) is 0 Å². The van der Waals surface area contributed by atoms with Gasteiger partial charge < -0.3 is 15.0 Å². The topological polar surface area (TPSA) is 54.5 Å². The molecule has 96 valence electrons. The van der Waals surface area contributed by atoms with Gasteiger partial charge in [-0.1, -0.05) is 0 Å². The van der Waals surface area contributed by atoms with Gasteiger partial charge in [0.15, 0.2) is 0 Å². The Balaban J connectivity index is 1.67. The zero-order valence-corrected chi connectivity index (χ0v) is 10.4. The van der Waals surface area contributed by atoms with Crippen LogP contribution in [0.4, 0.5) is 0 Å². The lowest BCUT2D eigenvalue weighted by Crippen LogP contribution is -2.43. The number of amides is 1. The highest BCUT2D eigenvalue weighted by Crippen LogP contribution is 2.27. The second-order valence-electron chi connectivity index (χ2n) is 4.97. The van der Waals surface area contributed by atoms with E-state index in [1.54, 1.807) is 25.4 Å². The molecule has 3 unspecified atom stereocenters. The lowest BCUT2D eigenvalue weighted by Gasteiger charge is -2.22. The maximum Gasteiger partial charge on any atom is 0.270 e. The van der Waals surface area contributed by atoms with Crippen molar-refractivity contribution in [3.8, 4) is 5.75 Å². The van der Waals surface area contributed by atoms with Crippen LogP contribution in [0.1, 0.15) is 16.9 Å². The Morgan fingerprint density at radius 1 is 1.56 bits per heavy atom. The number of nitrogens with one attached hydrogen (secondary N) is 1. The summed E-state index contributed by atoms with van der Waals surface area (Å²) in [7, 11) is 1.58. The maximum atomic E-state index is 12.1. The number of hydrogen-bond donors (Lipinski definition) is 1. The van der Waals surface area contributed by atoms with Crippen LogP contribution >= 0.6 is 0 Å². The molecule has 1 N–H and O–H groups in total. The third-order valence-electron chi connectivity index (χ3n) is 3.85. The molecule has 0 saturated carbocycles. The molecule has 0 spiro atoms. The summed E-state index contributed by atoms with van der Waals surface area (Å²) in [6, 6.07) is 3.68. The summed E-state index contributed by atoms with van der Waals surface area (Å²) >= 11 is 0. The molecule has 0 aromatic carbocycles. The highest BCUT2D eigenvalue weighted by atomic mass is 16.5. The average molecular weight is 247 g/mol. The zero-order valence-electron chi connectivity index (χ0n) is 10.4. The van der Waals surface area contributed by atoms with Gasteiger partial charge in [0.1, 0.15) is 11.4 Å². The number of fused-ring (bicyclic) bond motifs is 2. The standard InChI is InChI=1S/C13H17N3O2/c1-18-10-2-4-14-11(6-10)13(17)15-12-8-16-5-3-9(12)7-16/h2,4,6,9,12H,3,5,7-8H2,1H3,(H,15,17). The van der Waals surface area contributed by atoms with Crippen LogP contribution in [0.5, 0.6) is 5.75 Å². The van der Waals surface area contributed by atoms with E-state index in [0.29, 0.717) is 17.4 Å².